The van der Waals surface area contributed by atoms with Gasteiger partial charge in [-0.15, -0.1) is 12.4 Å². The van der Waals surface area contributed by atoms with Crippen molar-refractivity contribution < 1.29 is 21.6 Å². The van der Waals surface area contributed by atoms with E-state index in [-0.39, 0.29) is 34.9 Å². The van der Waals surface area contributed by atoms with Gasteiger partial charge < -0.3 is 5.73 Å². The van der Waals surface area contributed by atoms with E-state index in [0.717, 1.165) is 12.8 Å². The third kappa shape index (κ3) is 5.08. The predicted molar refractivity (Wildman–Crippen MR) is 88.6 cm³/mol. The Morgan fingerprint density at radius 1 is 1.25 bits per heavy atom. The van der Waals surface area contributed by atoms with E-state index in [1.807, 2.05) is 0 Å². The number of nitrogens with zero attached hydrogens (tertiary/aromatic N) is 1. The zero-order valence-electron chi connectivity index (χ0n) is 13.3. The van der Waals surface area contributed by atoms with E-state index < -0.39 is 22.6 Å². The Morgan fingerprint density at radius 2 is 1.83 bits per heavy atom. The molecular weight excluding hydrogens is 365 g/mol. The summed E-state index contributed by atoms with van der Waals surface area (Å²) < 4.78 is 64.0. The molecule has 1 aliphatic rings. The first-order valence-electron chi connectivity index (χ1n) is 7.54. The van der Waals surface area contributed by atoms with E-state index in [2.05, 4.69) is 0 Å². The Hall–Kier alpha value is -0.830. The monoisotopic (exact) mass is 386 g/mol. The van der Waals surface area contributed by atoms with Gasteiger partial charge in [0.15, 0.2) is 0 Å². The van der Waals surface area contributed by atoms with Crippen LogP contribution in [0.1, 0.15) is 31.7 Å². The molecule has 0 radical (unpaired) electrons. The SMILES string of the molecule is CC(N)C1CCCCN1S(=O)(=O)c1ccc(CC(F)(F)F)cc1.Cl. The number of alkyl halides is 3. The average molecular weight is 387 g/mol. The molecule has 2 atom stereocenters. The molecule has 0 bridgehead atoms. The largest absolute Gasteiger partial charge is 0.393 e. The van der Waals surface area contributed by atoms with Gasteiger partial charge in [0.05, 0.1) is 11.3 Å². The fourth-order valence-corrected chi connectivity index (χ4v) is 4.67. The molecule has 1 aromatic carbocycles. The molecule has 0 aromatic heterocycles. The lowest BCUT2D eigenvalue weighted by Crippen LogP contribution is -2.51. The molecule has 2 rings (SSSR count). The lowest BCUT2D eigenvalue weighted by Gasteiger charge is -2.36. The maximum Gasteiger partial charge on any atom is 0.393 e. The van der Waals surface area contributed by atoms with Crippen molar-refractivity contribution in [2.45, 2.75) is 55.8 Å². The molecular formula is C15H22ClF3N2O2S. The lowest BCUT2D eigenvalue weighted by molar-refractivity contribution is -0.127. The summed E-state index contributed by atoms with van der Waals surface area (Å²) in [7, 11) is -3.74. The predicted octanol–water partition coefficient (Wildman–Crippen LogP) is 3.10. The van der Waals surface area contributed by atoms with Gasteiger partial charge in [0.1, 0.15) is 0 Å². The third-order valence-electron chi connectivity index (χ3n) is 4.04. The summed E-state index contributed by atoms with van der Waals surface area (Å²) in [5.41, 5.74) is 5.94. The number of piperidine rings is 1. The average Bonchev–Trinajstić information content (AvgIpc) is 2.46. The number of nitrogens with two attached hydrogens (primary N) is 1. The molecule has 1 aliphatic heterocycles. The standard InChI is InChI=1S/C15H21F3N2O2S.ClH/c1-11(19)14-4-2-3-9-20(14)23(21,22)13-7-5-12(6-8-13)10-15(16,17)18;/h5-8,11,14H,2-4,9-10,19H2,1H3;1H. The molecule has 2 N–H and O–H groups in total. The van der Waals surface area contributed by atoms with Crippen molar-refractivity contribution in [1.82, 2.24) is 4.31 Å². The van der Waals surface area contributed by atoms with Crippen molar-refractivity contribution in [3.8, 4) is 0 Å². The van der Waals surface area contributed by atoms with Gasteiger partial charge in [-0.05, 0) is 37.5 Å². The summed E-state index contributed by atoms with van der Waals surface area (Å²) in [5, 5.41) is 0. The highest BCUT2D eigenvalue weighted by Crippen LogP contribution is 2.28. The minimum atomic E-state index is -4.31. The van der Waals surface area contributed by atoms with Crippen LogP contribution in [0.25, 0.3) is 0 Å². The van der Waals surface area contributed by atoms with Gasteiger partial charge >= 0.3 is 6.18 Å². The van der Waals surface area contributed by atoms with Crippen LogP contribution in [-0.2, 0) is 16.4 Å². The van der Waals surface area contributed by atoms with E-state index in [1.165, 1.54) is 28.6 Å². The first-order chi connectivity index (χ1) is 10.6. The zero-order chi connectivity index (χ0) is 17.3. The smallest absolute Gasteiger partial charge is 0.326 e. The second kappa shape index (κ2) is 8.03. The number of hydrogen-bond donors (Lipinski definition) is 1. The molecule has 1 fully saturated rings. The van der Waals surface area contributed by atoms with E-state index in [4.69, 9.17) is 5.73 Å². The maximum atomic E-state index is 12.7. The van der Waals surface area contributed by atoms with Gasteiger partial charge in [0.2, 0.25) is 10.0 Å². The van der Waals surface area contributed by atoms with Crippen LogP contribution in [0, 0.1) is 0 Å². The van der Waals surface area contributed by atoms with Crippen LogP contribution in [0.5, 0.6) is 0 Å². The molecule has 1 saturated heterocycles. The van der Waals surface area contributed by atoms with Gasteiger partial charge in [0, 0.05) is 18.6 Å². The van der Waals surface area contributed by atoms with Crippen LogP contribution >= 0.6 is 12.4 Å². The van der Waals surface area contributed by atoms with Gasteiger partial charge in [-0.1, -0.05) is 18.6 Å². The number of halogens is 4. The Kier molecular flexibility index (Phi) is 7.10. The van der Waals surface area contributed by atoms with Crippen molar-refractivity contribution in [1.29, 1.82) is 0 Å². The molecule has 0 spiro atoms. The zero-order valence-corrected chi connectivity index (χ0v) is 14.9. The maximum absolute atomic E-state index is 12.7. The summed E-state index contributed by atoms with van der Waals surface area (Å²) in [6, 6.07) is 4.33. The Morgan fingerprint density at radius 3 is 2.33 bits per heavy atom. The molecule has 138 valence electrons. The highest BCUT2D eigenvalue weighted by Gasteiger charge is 2.35. The Labute approximate surface area is 146 Å². The fraction of sp³-hybridized carbons (Fsp3) is 0.600. The summed E-state index contributed by atoms with van der Waals surface area (Å²) >= 11 is 0. The van der Waals surface area contributed by atoms with Crippen LogP contribution in [-0.4, -0.2) is 37.5 Å². The molecule has 4 nitrogen and oxygen atoms in total. The van der Waals surface area contributed by atoms with Crippen LogP contribution in [0.3, 0.4) is 0 Å². The number of rotatable bonds is 4. The first kappa shape index (κ1) is 21.2. The topological polar surface area (TPSA) is 63.4 Å². The highest BCUT2D eigenvalue weighted by atomic mass is 35.5. The van der Waals surface area contributed by atoms with E-state index >= 15 is 0 Å². The third-order valence-corrected chi connectivity index (χ3v) is 5.98. The lowest BCUT2D eigenvalue weighted by atomic mass is 10.00. The summed E-state index contributed by atoms with van der Waals surface area (Å²) in [6.45, 7) is 2.16. The van der Waals surface area contributed by atoms with Crippen LogP contribution < -0.4 is 5.73 Å². The number of hydrogen-bond acceptors (Lipinski definition) is 3. The van der Waals surface area contributed by atoms with Gasteiger partial charge in [-0.25, -0.2) is 8.42 Å². The quantitative estimate of drug-likeness (QED) is 0.864. The van der Waals surface area contributed by atoms with Crippen LogP contribution in [0.15, 0.2) is 29.2 Å². The molecule has 24 heavy (non-hydrogen) atoms. The Balaban J connectivity index is 0.00000288. The number of sulfonamides is 1. The van der Waals surface area contributed by atoms with Gasteiger partial charge in [-0.3, -0.25) is 0 Å². The van der Waals surface area contributed by atoms with E-state index in [9.17, 15) is 21.6 Å². The van der Waals surface area contributed by atoms with E-state index in [1.54, 1.807) is 6.92 Å². The molecule has 9 heteroatoms. The van der Waals surface area contributed by atoms with Crippen molar-refractivity contribution in [3.05, 3.63) is 29.8 Å². The van der Waals surface area contributed by atoms with Gasteiger partial charge in [-0.2, -0.15) is 17.5 Å². The molecule has 0 saturated carbocycles. The van der Waals surface area contributed by atoms with Crippen LogP contribution in [0.4, 0.5) is 13.2 Å². The van der Waals surface area contributed by atoms with Crippen molar-refractivity contribution >= 4 is 22.4 Å². The summed E-state index contributed by atoms with van der Waals surface area (Å²) in [4.78, 5) is 0.0102. The van der Waals surface area contributed by atoms with Crippen molar-refractivity contribution in [3.63, 3.8) is 0 Å². The summed E-state index contributed by atoms with van der Waals surface area (Å²) in [5.74, 6) is 0. The van der Waals surface area contributed by atoms with Crippen molar-refractivity contribution in [2.75, 3.05) is 6.54 Å². The molecule has 1 aromatic rings. The first-order valence-corrected chi connectivity index (χ1v) is 8.98. The van der Waals surface area contributed by atoms with Gasteiger partial charge in [0.25, 0.3) is 0 Å². The second-order valence-electron chi connectivity index (χ2n) is 5.97. The Bertz CT molecular complexity index is 633. The minimum absolute atomic E-state index is 0. The normalized spacial score (nSPS) is 21.1. The molecule has 1 heterocycles. The second-order valence-corrected chi connectivity index (χ2v) is 7.86. The number of benzene rings is 1. The summed E-state index contributed by atoms with van der Waals surface area (Å²) in [6.07, 6.45) is -3.01. The molecule has 2 unspecified atom stereocenters. The highest BCUT2D eigenvalue weighted by molar-refractivity contribution is 7.89. The van der Waals surface area contributed by atoms with Crippen LogP contribution in [0.2, 0.25) is 0 Å². The fourth-order valence-electron chi connectivity index (χ4n) is 2.90. The minimum Gasteiger partial charge on any atom is -0.326 e. The molecule has 0 amide bonds. The molecule has 0 aliphatic carbocycles. The van der Waals surface area contributed by atoms with E-state index in [0.29, 0.717) is 13.0 Å². The van der Waals surface area contributed by atoms with Crippen molar-refractivity contribution in [2.24, 2.45) is 5.73 Å².